The van der Waals surface area contributed by atoms with E-state index in [9.17, 15) is 13.5 Å². The van der Waals surface area contributed by atoms with Crippen LogP contribution in [0, 0.1) is 0 Å². The summed E-state index contributed by atoms with van der Waals surface area (Å²) in [6.45, 7) is 1.59. The topological polar surface area (TPSA) is 79.3 Å². The molecule has 1 unspecified atom stereocenters. The average molecular weight is 248 g/mol. The molecule has 1 heterocycles. The van der Waals surface area contributed by atoms with Crippen molar-refractivity contribution in [3.8, 4) is 0 Å². The van der Waals surface area contributed by atoms with E-state index in [0.29, 0.717) is 10.8 Å². The third-order valence-corrected chi connectivity index (χ3v) is 4.87. The molecule has 1 fully saturated rings. The van der Waals surface area contributed by atoms with Crippen LogP contribution in [0.4, 0.5) is 5.13 Å². The Hall–Kier alpha value is -0.660. The smallest absolute Gasteiger partial charge is 0.237 e. The Morgan fingerprint density at radius 1 is 1.67 bits per heavy atom. The summed E-state index contributed by atoms with van der Waals surface area (Å²) < 4.78 is 25.5. The van der Waals surface area contributed by atoms with Crippen LogP contribution in [0.25, 0.3) is 0 Å². The number of aliphatic hydroxyl groups is 1. The first-order chi connectivity index (χ1) is 6.99. The normalized spacial score (nSPS) is 18.8. The number of aromatic nitrogens is 1. The summed E-state index contributed by atoms with van der Waals surface area (Å²) in [7, 11) is -3.24. The van der Waals surface area contributed by atoms with Gasteiger partial charge in [0, 0.05) is 5.38 Å². The molecule has 0 radical (unpaired) electrons. The molecule has 84 valence electrons. The molecule has 1 aliphatic carbocycles. The van der Waals surface area contributed by atoms with Gasteiger partial charge in [0.2, 0.25) is 10.0 Å². The fourth-order valence-corrected chi connectivity index (χ4v) is 3.50. The quantitative estimate of drug-likeness (QED) is 0.836. The summed E-state index contributed by atoms with van der Waals surface area (Å²) >= 11 is 1.19. The highest BCUT2D eigenvalue weighted by Gasteiger charge is 2.36. The number of anilines is 1. The zero-order chi connectivity index (χ0) is 11.1. The summed E-state index contributed by atoms with van der Waals surface area (Å²) in [5.74, 6) is 0. The van der Waals surface area contributed by atoms with E-state index in [-0.39, 0.29) is 5.25 Å². The Morgan fingerprint density at radius 3 is 2.80 bits per heavy atom. The predicted octanol–water partition coefficient (Wildman–Crippen LogP) is 1.10. The SMILES string of the molecule is CC(O)c1csc(NS(=O)(=O)C2CC2)n1. The van der Waals surface area contributed by atoms with Crippen LogP contribution in [0.3, 0.4) is 0 Å². The Labute approximate surface area is 92.2 Å². The largest absolute Gasteiger partial charge is 0.387 e. The van der Waals surface area contributed by atoms with Crippen molar-refractivity contribution in [2.24, 2.45) is 0 Å². The Morgan fingerprint density at radius 2 is 2.33 bits per heavy atom. The second-order valence-corrected chi connectivity index (χ2v) is 6.42. The minimum Gasteiger partial charge on any atom is -0.387 e. The Balaban J connectivity index is 2.10. The van der Waals surface area contributed by atoms with Gasteiger partial charge in [-0.05, 0) is 19.8 Å². The van der Waals surface area contributed by atoms with Crippen molar-refractivity contribution in [2.75, 3.05) is 4.72 Å². The van der Waals surface area contributed by atoms with Crippen LogP contribution in [0.15, 0.2) is 5.38 Å². The summed E-state index contributed by atoms with van der Waals surface area (Å²) in [5, 5.41) is 11.0. The van der Waals surface area contributed by atoms with Crippen LogP contribution < -0.4 is 4.72 Å². The Kier molecular flexibility index (Phi) is 2.70. The molecule has 0 aromatic carbocycles. The number of rotatable bonds is 4. The lowest BCUT2D eigenvalue weighted by Crippen LogP contribution is -2.17. The van der Waals surface area contributed by atoms with Crippen LogP contribution in [0.1, 0.15) is 31.6 Å². The van der Waals surface area contributed by atoms with Crippen molar-refractivity contribution in [3.05, 3.63) is 11.1 Å². The number of thiazole rings is 1. The van der Waals surface area contributed by atoms with Crippen LogP contribution >= 0.6 is 11.3 Å². The standard InChI is InChI=1S/C8H12N2O3S2/c1-5(11)7-4-14-8(9-7)10-15(12,13)6-2-3-6/h4-6,11H,2-3H2,1H3,(H,9,10). The zero-order valence-electron chi connectivity index (χ0n) is 8.17. The maximum atomic E-state index is 11.5. The molecular weight excluding hydrogens is 236 g/mol. The van der Waals surface area contributed by atoms with E-state index in [2.05, 4.69) is 9.71 Å². The molecule has 5 nitrogen and oxygen atoms in total. The maximum absolute atomic E-state index is 11.5. The van der Waals surface area contributed by atoms with Crippen LogP contribution in [0.2, 0.25) is 0 Å². The van der Waals surface area contributed by atoms with Gasteiger partial charge in [0.05, 0.1) is 17.0 Å². The molecule has 0 aliphatic heterocycles. The number of nitrogens with one attached hydrogen (secondary N) is 1. The highest BCUT2D eigenvalue weighted by molar-refractivity contribution is 7.93. The molecule has 2 rings (SSSR count). The summed E-state index contributed by atoms with van der Waals surface area (Å²) in [5.41, 5.74) is 0.494. The first-order valence-electron chi connectivity index (χ1n) is 4.64. The molecule has 1 aromatic rings. The number of sulfonamides is 1. The second kappa shape index (κ2) is 3.73. The highest BCUT2D eigenvalue weighted by atomic mass is 32.2. The molecule has 1 aromatic heterocycles. The van der Waals surface area contributed by atoms with Crippen LogP contribution in [-0.4, -0.2) is 23.8 Å². The molecule has 1 atom stereocenters. The molecule has 0 amide bonds. The van der Waals surface area contributed by atoms with Crippen molar-refractivity contribution in [1.29, 1.82) is 0 Å². The molecule has 1 aliphatic rings. The van der Waals surface area contributed by atoms with Gasteiger partial charge >= 0.3 is 0 Å². The first-order valence-corrected chi connectivity index (χ1v) is 7.07. The number of hydrogen-bond acceptors (Lipinski definition) is 5. The van der Waals surface area contributed by atoms with Crippen molar-refractivity contribution < 1.29 is 13.5 Å². The minimum atomic E-state index is -3.24. The van der Waals surface area contributed by atoms with Gasteiger partial charge in [-0.25, -0.2) is 13.4 Å². The van der Waals surface area contributed by atoms with Crippen molar-refractivity contribution >= 4 is 26.5 Å². The minimum absolute atomic E-state index is 0.253. The maximum Gasteiger partial charge on any atom is 0.237 e. The summed E-state index contributed by atoms with van der Waals surface area (Å²) in [4.78, 5) is 3.98. The van der Waals surface area contributed by atoms with Crippen molar-refractivity contribution in [2.45, 2.75) is 31.1 Å². The van der Waals surface area contributed by atoms with Crippen LogP contribution in [0.5, 0.6) is 0 Å². The van der Waals surface area contributed by atoms with Crippen LogP contribution in [-0.2, 0) is 10.0 Å². The Bertz CT molecular complexity index is 448. The fraction of sp³-hybridized carbons (Fsp3) is 0.625. The van der Waals surface area contributed by atoms with Gasteiger partial charge in [-0.1, -0.05) is 0 Å². The monoisotopic (exact) mass is 248 g/mol. The van der Waals surface area contributed by atoms with Gasteiger partial charge in [-0.2, -0.15) is 0 Å². The summed E-state index contributed by atoms with van der Waals surface area (Å²) in [6, 6.07) is 0. The van der Waals surface area contributed by atoms with Gasteiger partial charge in [-0.15, -0.1) is 11.3 Å². The van der Waals surface area contributed by atoms with E-state index in [1.165, 1.54) is 11.3 Å². The molecule has 15 heavy (non-hydrogen) atoms. The molecule has 7 heteroatoms. The fourth-order valence-electron chi connectivity index (χ4n) is 1.11. The van der Waals surface area contributed by atoms with Gasteiger partial charge in [0.1, 0.15) is 0 Å². The average Bonchev–Trinajstić information content (AvgIpc) is 2.88. The first kappa shape index (κ1) is 10.8. The molecular formula is C8H12N2O3S2. The molecule has 0 saturated heterocycles. The zero-order valence-corrected chi connectivity index (χ0v) is 9.81. The van der Waals surface area contributed by atoms with E-state index in [1.807, 2.05) is 0 Å². The number of nitrogens with zero attached hydrogens (tertiary/aromatic N) is 1. The van der Waals surface area contributed by atoms with Crippen molar-refractivity contribution in [1.82, 2.24) is 4.98 Å². The third kappa shape index (κ3) is 2.47. The van der Waals surface area contributed by atoms with Gasteiger partial charge in [-0.3, -0.25) is 4.72 Å². The van der Waals surface area contributed by atoms with E-state index < -0.39 is 16.1 Å². The predicted molar refractivity (Wildman–Crippen MR) is 58.3 cm³/mol. The van der Waals surface area contributed by atoms with E-state index in [1.54, 1.807) is 12.3 Å². The third-order valence-electron chi connectivity index (χ3n) is 2.14. The number of hydrogen-bond donors (Lipinski definition) is 2. The lowest BCUT2D eigenvalue weighted by atomic mass is 10.3. The molecule has 0 bridgehead atoms. The van der Waals surface area contributed by atoms with Gasteiger partial charge < -0.3 is 5.11 Å². The lowest BCUT2D eigenvalue weighted by Gasteiger charge is -2.02. The number of aliphatic hydroxyl groups excluding tert-OH is 1. The molecule has 1 saturated carbocycles. The molecule has 0 spiro atoms. The highest BCUT2D eigenvalue weighted by Crippen LogP contribution is 2.30. The lowest BCUT2D eigenvalue weighted by molar-refractivity contribution is 0.195. The molecule has 2 N–H and O–H groups in total. The van der Waals surface area contributed by atoms with E-state index >= 15 is 0 Å². The van der Waals surface area contributed by atoms with Gasteiger partial charge in [0.15, 0.2) is 5.13 Å². The van der Waals surface area contributed by atoms with Gasteiger partial charge in [0.25, 0.3) is 0 Å². The van der Waals surface area contributed by atoms with E-state index in [0.717, 1.165) is 12.8 Å². The van der Waals surface area contributed by atoms with E-state index in [4.69, 9.17) is 0 Å². The second-order valence-electron chi connectivity index (χ2n) is 3.60. The summed E-state index contributed by atoms with van der Waals surface area (Å²) in [6.07, 6.45) is 0.786. The van der Waals surface area contributed by atoms with Crippen molar-refractivity contribution in [3.63, 3.8) is 0 Å².